The molecule has 2 aromatic rings. The third-order valence-corrected chi connectivity index (χ3v) is 5.93. The Kier molecular flexibility index (Phi) is 7.44. The van der Waals surface area contributed by atoms with Crippen molar-refractivity contribution in [2.75, 3.05) is 59.0 Å². The average molecular weight is 436 g/mol. The lowest BCUT2D eigenvalue weighted by Gasteiger charge is -2.34. The zero-order valence-electron chi connectivity index (χ0n) is 18.1. The van der Waals surface area contributed by atoms with E-state index in [0.717, 1.165) is 56.9 Å². The highest BCUT2D eigenvalue weighted by molar-refractivity contribution is 6.28. The molecule has 2 aliphatic heterocycles. The molecule has 0 atom stereocenters. The van der Waals surface area contributed by atoms with Gasteiger partial charge in [0.1, 0.15) is 11.3 Å². The number of ketones is 1. The van der Waals surface area contributed by atoms with Gasteiger partial charge in [-0.2, -0.15) is 0 Å². The summed E-state index contributed by atoms with van der Waals surface area (Å²) in [4.78, 5) is 30.0. The number of fused-ring (bicyclic) bond motifs is 1. The second-order valence-corrected chi connectivity index (χ2v) is 8.02. The second kappa shape index (κ2) is 10.7. The summed E-state index contributed by atoms with van der Waals surface area (Å²) in [6, 6.07) is 15.1. The highest BCUT2D eigenvalue weighted by Crippen LogP contribution is 2.32. The van der Waals surface area contributed by atoms with Crippen LogP contribution in [0.25, 0.3) is 11.1 Å². The minimum absolute atomic E-state index is 0.0767. The number of aliphatic hydroxyl groups excluding tert-OH is 1. The predicted molar refractivity (Wildman–Crippen MR) is 123 cm³/mol. The molecule has 0 spiro atoms. The summed E-state index contributed by atoms with van der Waals surface area (Å²) in [6.07, 6.45) is 1.63. The van der Waals surface area contributed by atoms with E-state index in [0.29, 0.717) is 17.9 Å². The lowest BCUT2D eigenvalue weighted by Crippen LogP contribution is -2.48. The van der Waals surface area contributed by atoms with Gasteiger partial charge in [-0.3, -0.25) is 14.6 Å². The van der Waals surface area contributed by atoms with Gasteiger partial charge in [-0.1, -0.05) is 42.5 Å². The van der Waals surface area contributed by atoms with E-state index in [9.17, 15) is 9.59 Å². The van der Waals surface area contributed by atoms with Crippen molar-refractivity contribution in [2.45, 2.75) is 0 Å². The molecule has 4 rings (SSSR count). The molecule has 2 aromatic carbocycles. The Labute approximate surface area is 188 Å². The van der Waals surface area contributed by atoms with Crippen molar-refractivity contribution in [3.8, 4) is 16.9 Å². The Morgan fingerprint density at radius 2 is 1.66 bits per heavy atom. The number of carbonyl (C=O) groups is 2. The number of rotatable bonds is 8. The van der Waals surface area contributed by atoms with Crippen molar-refractivity contribution in [3.05, 3.63) is 65.7 Å². The highest BCUT2D eigenvalue weighted by atomic mass is 16.5. The van der Waals surface area contributed by atoms with E-state index >= 15 is 0 Å². The first-order valence-corrected chi connectivity index (χ1v) is 11.1. The number of piperazine rings is 1. The van der Waals surface area contributed by atoms with Gasteiger partial charge < -0.3 is 15.2 Å². The maximum absolute atomic E-state index is 13.0. The van der Waals surface area contributed by atoms with Crippen LogP contribution in [0.15, 0.2) is 60.2 Å². The first-order valence-electron chi connectivity index (χ1n) is 11.1. The van der Waals surface area contributed by atoms with Crippen LogP contribution in [-0.2, 0) is 4.79 Å². The summed E-state index contributed by atoms with van der Waals surface area (Å²) in [6.45, 7) is 6.93. The fourth-order valence-electron chi connectivity index (χ4n) is 4.07. The van der Waals surface area contributed by atoms with E-state index < -0.39 is 5.97 Å². The van der Waals surface area contributed by atoms with Crippen LogP contribution in [0.2, 0.25) is 0 Å². The molecule has 0 aliphatic carbocycles. The Bertz CT molecular complexity index is 982. The van der Waals surface area contributed by atoms with Gasteiger partial charge in [-0.25, -0.2) is 4.79 Å². The summed E-state index contributed by atoms with van der Waals surface area (Å²) in [7, 11) is 0. The second-order valence-electron chi connectivity index (χ2n) is 8.02. The molecular weight excluding hydrogens is 406 g/mol. The number of Topliss-reactive ketones (excluding diaryl/α,β-unsaturated/α-hetero) is 1. The Morgan fingerprint density at radius 3 is 2.38 bits per heavy atom. The molecule has 0 bridgehead atoms. The van der Waals surface area contributed by atoms with Crippen LogP contribution >= 0.6 is 0 Å². The number of nitrogens with one attached hydrogen (secondary N) is 1. The molecule has 2 heterocycles. The lowest BCUT2D eigenvalue weighted by molar-refractivity contribution is -0.130. The quantitative estimate of drug-likeness (QED) is 0.214. The minimum Gasteiger partial charge on any atom is -0.422 e. The van der Waals surface area contributed by atoms with Crippen LogP contribution in [0, 0.1) is 0 Å². The van der Waals surface area contributed by atoms with Gasteiger partial charge >= 0.3 is 5.97 Å². The molecule has 1 fully saturated rings. The van der Waals surface area contributed by atoms with Gasteiger partial charge in [0.15, 0.2) is 0 Å². The number of hydrogen-bond donors (Lipinski definition) is 2. The first kappa shape index (κ1) is 22.4. The van der Waals surface area contributed by atoms with Gasteiger partial charge in [0.05, 0.1) is 12.2 Å². The smallest absolute Gasteiger partial charge is 0.347 e. The highest BCUT2D eigenvalue weighted by Gasteiger charge is 2.30. The zero-order chi connectivity index (χ0) is 22.3. The van der Waals surface area contributed by atoms with Crippen LogP contribution in [0.1, 0.15) is 10.4 Å². The van der Waals surface area contributed by atoms with Gasteiger partial charge in [0.2, 0.25) is 5.78 Å². The normalized spacial score (nSPS) is 18.6. The molecule has 2 aliphatic rings. The summed E-state index contributed by atoms with van der Waals surface area (Å²) in [5.74, 6) is -0.585. The van der Waals surface area contributed by atoms with E-state index in [2.05, 4.69) is 15.1 Å². The largest absolute Gasteiger partial charge is 0.422 e. The van der Waals surface area contributed by atoms with E-state index in [4.69, 9.17) is 9.84 Å². The topological polar surface area (TPSA) is 82.1 Å². The first-order chi connectivity index (χ1) is 15.7. The standard InChI is InChI=1S/C25H29N3O4/c29-17-16-28-14-12-27(13-15-28)11-10-26-9-8-21-24(30)22-18-20(19-4-2-1-3-5-19)6-7-23(22)32-25(21)31/h1-8,18,26,29H,9-17H2/b21-8-. The van der Waals surface area contributed by atoms with Crippen molar-refractivity contribution in [2.24, 2.45) is 0 Å². The molecule has 7 nitrogen and oxygen atoms in total. The summed E-state index contributed by atoms with van der Waals surface area (Å²) in [5, 5.41) is 12.3. The summed E-state index contributed by atoms with van der Waals surface area (Å²) in [5.41, 5.74) is 2.40. The van der Waals surface area contributed by atoms with Crippen LogP contribution < -0.4 is 10.1 Å². The molecule has 0 aromatic heterocycles. The molecule has 168 valence electrons. The average Bonchev–Trinajstić information content (AvgIpc) is 2.82. The molecule has 0 unspecified atom stereocenters. The molecule has 0 saturated carbocycles. The van der Waals surface area contributed by atoms with Crippen molar-refractivity contribution >= 4 is 11.8 Å². The van der Waals surface area contributed by atoms with Crippen molar-refractivity contribution in [1.82, 2.24) is 15.1 Å². The number of benzene rings is 2. The molecule has 0 amide bonds. The van der Waals surface area contributed by atoms with E-state index in [-0.39, 0.29) is 18.0 Å². The predicted octanol–water partition coefficient (Wildman–Crippen LogP) is 1.58. The zero-order valence-corrected chi connectivity index (χ0v) is 18.1. The fourth-order valence-corrected chi connectivity index (χ4v) is 4.07. The summed E-state index contributed by atoms with van der Waals surface area (Å²) < 4.78 is 5.40. The number of hydrogen-bond acceptors (Lipinski definition) is 7. The van der Waals surface area contributed by atoms with E-state index in [1.807, 2.05) is 36.4 Å². The molecule has 32 heavy (non-hydrogen) atoms. The maximum atomic E-state index is 13.0. The maximum Gasteiger partial charge on any atom is 0.347 e. The number of ether oxygens (including phenoxy) is 1. The third-order valence-electron chi connectivity index (χ3n) is 5.93. The van der Waals surface area contributed by atoms with Crippen LogP contribution in [-0.4, -0.2) is 85.6 Å². The number of carbonyl (C=O) groups excluding carboxylic acids is 2. The molecule has 2 N–H and O–H groups in total. The molecule has 0 radical (unpaired) electrons. The monoisotopic (exact) mass is 435 g/mol. The Morgan fingerprint density at radius 1 is 0.938 bits per heavy atom. The lowest BCUT2D eigenvalue weighted by atomic mass is 9.95. The van der Waals surface area contributed by atoms with Gasteiger partial charge in [-0.15, -0.1) is 0 Å². The van der Waals surface area contributed by atoms with Crippen molar-refractivity contribution < 1.29 is 19.4 Å². The van der Waals surface area contributed by atoms with Crippen LogP contribution in [0.4, 0.5) is 0 Å². The number of aliphatic hydroxyl groups is 1. The molecular formula is C25H29N3O4. The number of β-amino-alcohol motifs (C(OH)–C–C–N with tert-alkyl or cyclic N) is 1. The van der Waals surface area contributed by atoms with Gasteiger partial charge in [-0.05, 0) is 23.3 Å². The van der Waals surface area contributed by atoms with Gasteiger partial charge in [0, 0.05) is 52.4 Å². The van der Waals surface area contributed by atoms with E-state index in [1.165, 1.54) is 0 Å². The Balaban J connectivity index is 1.32. The SMILES string of the molecule is O=C1Oc2ccc(-c3ccccc3)cc2C(=O)/C1=C/CNCCN1CCN(CCO)CC1. The van der Waals surface area contributed by atoms with E-state index in [1.54, 1.807) is 18.2 Å². The van der Waals surface area contributed by atoms with Crippen molar-refractivity contribution in [1.29, 1.82) is 0 Å². The minimum atomic E-state index is -0.600. The number of nitrogens with zero attached hydrogens (tertiary/aromatic N) is 2. The van der Waals surface area contributed by atoms with Crippen LogP contribution in [0.5, 0.6) is 5.75 Å². The van der Waals surface area contributed by atoms with Crippen LogP contribution in [0.3, 0.4) is 0 Å². The summed E-state index contributed by atoms with van der Waals surface area (Å²) >= 11 is 0. The molecule has 1 saturated heterocycles. The van der Waals surface area contributed by atoms with Gasteiger partial charge in [0.25, 0.3) is 0 Å². The Hall–Kier alpha value is -2.84. The van der Waals surface area contributed by atoms with Crippen molar-refractivity contribution in [3.63, 3.8) is 0 Å². The fraction of sp³-hybridized carbons (Fsp3) is 0.360. The molecule has 7 heteroatoms. The third kappa shape index (κ3) is 5.31. The number of esters is 1.